The van der Waals surface area contributed by atoms with Crippen molar-refractivity contribution in [3.63, 3.8) is 0 Å². The van der Waals surface area contributed by atoms with Crippen LogP contribution in [0.5, 0.6) is 5.75 Å². The van der Waals surface area contributed by atoms with Crippen LogP contribution in [-0.2, 0) is 11.2 Å². The van der Waals surface area contributed by atoms with Crippen LogP contribution in [0, 0.1) is 0 Å². The topological polar surface area (TPSA) is 51.5 Å². The number of fused-ring (bicyclic) bond motifs is 1. The Balaban J connectivity index is 1.57. The van der Waals surface area contributed by atoms with Crippen LogP contribution in [0.2, 0.25) is 5.02 Å². The van der Waals surface area contributed by atoms with Crippen LogP contribution in [-0.4, -0.2) is 12.5 Å². The predicted octanol–water partition coefficient (Wildman–Crippen LogP) is 3.51. The van der Waals surface area contributed by atoms with Gasteiger partial charge >= 0.3 is 0 Å². The SMILES string of the molecule is O=C(COc1ccccc1Cl)NC1CCCc2occc21. The Morgan fingerprint density at radius 3 is 3.10 bits per heavy atom. The lowest BCUT2D eigenvalue weighted by Crippen LogP contribution is -2.34. The second-order valence-corrected chi connectivity index (χ2v) is 5.44. The smallest absolute Gasteiger partial charge is 0.258 e. The number of carbonyl (C=O) groups is 1. The number of aryl methyl sites for hydroxylation is 1. The van der Waals surface area contributed by atoms with Gasteiger partial charge in [0, 0.05) is 12.0 Å². The summed E-state index contributed by atoms with van der Waals surface area (Å²) in [6, 6.07) is 9.04. The van der Waals surface area contributed by atoms with E-state index in [0.29, 0.717) is 10.8 Å². The fraction of sp³-hybridized carbons (Fsp3) is 0.312. The highest BCUT2D eigenvalue weighted by molar-refractivity contribution is 6.32. The molecule has 1 N–H and O–H groups in total. The van der Waals surface area contributed by atoms with Crippen LogP contribution in [0.15, 0.2) is 41.0 Å². The third-order valence-corrected chi connectivity index (χ3v) is 3.89. The molecule has 2 aromatic rings. The van der Waals surface area contributed by atoms with Gasteiger partial charge in [0.05, 0.1) is 17.3 Å². The summed E-state index contributed by atoms with van der Waals surface area (Å²) in [7, 11) is 0. The van der Waals surface area contributed by atoms with Crippen LogP contribution in [0.1, 0.15) is 30.2 Å². The molecule has 0 aliphatic heterocycles. The highest BCUT2D eigenvalue weighted by Crippen LogP contribution is 2.30. The molecule has 1 heterocycles. The van der Waals surface area contributed by atoms with E-state index >= 15 is 0 Å². The van der Waals surface area contributed by atoms with E-state index in [4.69, 9.17) is 20.8 Å². The molecular weight excluding hydrogens is 290 g/mol. The Hall–Kier alpha value is -1.94. The number of benzene rings is 1. The number of amides is 1. The number of ether oxygens (including phenoxy) is 1. The van der Waals surface area contributed by atoms with Gasteiger partial charge in [-0.3, -0.25) is 4.79 Å². The summed E-state index contributed by atoms with van der Waals surface area (Å²) in [5.74, 6) is 1.33. The molecular formula is C16H16ClNO3. The first kappa shape index (κ1) is 14.0. The Morgan fingerprint density at radius 2 is 2.24 bits per heavy atom. The van der Waals surface area contributed by atoms with Crippen molar-refractivity contribution in [3.05, 3.63) is 52.9 Å². The van der Waals surface area contributed by atoms with E-state index in [9.17, 15) is 4.79 Å². The number of nitrogens with one attached hydrogen (secondary N) is 1. The maximum atomic E-state index is 12.0. The number of hydrogen-bond acceptors (Lipinski definition) is 3. The Kier molecular flexibility index (Phi) is 4.15. The Bertz CT molecular complexity index is 638. The number of carbonyl (C=O) groups excluding carboxylic acids is 1. The molecule has 0 bridgehead atoms. The van der Waals surface area contributed by atoms with E-state index < -0.39 is 0 Å². The molecule has 1 aromatic heterocycles. The molecule has 3 rings (SSSR count). The monoisotopic (exact) mass is 305 g/mol. The maximum absolute atomic E-state index is 12.0. The molecule has 4 nitrogen and oxygen atoms in total. The average molecular weight is 306 g/mol. The molecule has 1 aliphatic carbocycles. The first-order chi connectivity index (χ1) is 10.2. The highest BCUT2D eigenvalue weighted by Gasteiger charge is 2.24. The van der Waals surface area contributed by atoms with Gasteiger partial charge in [-0.2, -0.15) is 0 Å². The lowest BCUT2D eigenvalue weighted by Gasteiger charge is -2.22. The average Bonchev–Trinajstić information content (AvgIpc) is 2.96. The van der Waals surface area contributed by atoms with E-state index in [1.54, 1.807) is 18.4 Å². The van der Waals surface area contributed by atoms with Crippen LogP contribution in [0.25, 0.3) is 0 Å². The minimum absolute atomic E-state index is 0.00912. The fourth-order valence-corrected chi connectivity index (χ4v) is 2.77. The summed E-state index contributed by atoms with van der Waals surface area (Å²) in [4.78, 5) is 12.0. The summed E-state index contributed by atoms with van der Waals surface area (Å²) in [5.41, 5.74) is 1.08. The van der Waals surface area contributed by atoms with E-state index in [-0.39, 0.29) is 18.6 Å². The zero-order valence-corrected chi connectivity index (χ0v) is 12.2. The molecule has 21 heavy (non-hydrogen) atoms. The lowest BCUT2D eigenvalue weighted by molar-refractivity contribution is -0.123. The molecule has 1 unspecified atom stereocenters. The predicted molar refractivity (Wildman–Crippen MR) is 79.5 cm³/mol. The third kappa shape index (κ3) is 3.22. The summed E-state index contributed by atoms with van der Waals surface area (Å²) in [6.07, 6.45) is 4.54. The lowest BCUT2D eigenvalue weighted by atomic mass is 9.93. The second kappa shape index (κ2) is 6.22. The van der Waals surface area contributed by atoms with Gasteiger partial charge in [0.25, 0.3) is 5.91 Å². The van der Waals surface area contributed by atoms with Crippen molar-refractivity contribution >= 4 is 17.5 Å². The first-order valence-corrected chi connectivity index (χ1v) is 7.35. The van der Waals surface area contributed by atoms with E-state index in [0.717, 1.165) is 30.6 Å². The zero-order valence-electron chi connectivity index (χ0n) is 11.5. The van der Waals surface area contributed by atoms with Crippen molar-refractivity contribution in [2.24, 2.45) is 0 Å². The van der Waals surface area contributed by atoms with Crippen molar-refractivity contribution in [1.82, 2.24) is 5.32 Å². The van der Waals surface area contributed by atoms with Gasteiger partial charge in [-0.1, -0.05) is 23.7 Å². The molecule has 0 spiro atoms. The van der Waals surface area contributed by atoms with Crippen molar-refractivity contribution < 1.29 is 13.9 Å². The minimum Gasteiger partial charge on any atom is -0.482 e. The van der Waals surface area contributed by atoms with Crippen molar-refractivity contribution in [1.29, 1.82) is 0 Å². The van der Waals surface area contributed by atoms with Gasteiger partial charge in [0.2, 0.25) is 0 Å². The van der Waals surface area contributed by atoms with Gasteiger partial charge in [0.15, 0.2) is 6.61 Å². The number of halogens is 1. The third-order valence-electron chi connectivity index (χ3n) is 3.58. The van der Waals surface area contributed by atoms with Gasteiger partial charge in [-0.05, 0) is 31.0 Å². The maximum Gasteiger partial charge on any atom is 0.258 e. The summed E-state index contributed by atoms with van der Waals surface area (Å²) in [5, 5.41) is 3.48. The van der Waals surface area contributed by atoms with E-state index in [1.165, 1.54) is 0 Å². The molecule has 0 saturated heterocycles. The standard InChI is InChI=1S/C16H16ClNO3/c17-12-4-1-2-6-15(12)21-10-16(19)18-13-5-3-7-14-11(13)8-9-20-14/h1-2,4,6,8-9,13H,3,5,7,10H2,(H,18,19). The summed E-state index contributed by atoms with van der Waals surface area (Å²) < 4.78 is 10.9. The van der Waals surface area contributed by atoms with Gasteiger partial charge in [-0.25, -0.2) is 0 Å². The molecule has 0 saturated carbocycles. The van der Waals surface area contributed by atoms with Gasteiger partial charge < -0.3 is 14.5 Å². The largest absolute Gasteiger partial charge is 0.482 e. The first-order valence-electron chi connectivity index (χ1n) is 6.97. The molecule has 1 aromatic carbocycles. The molecule has 0 radical (unpaired) electrons. The number of hydrogen-bond donors (Lipinski definition) is 1. The van der Waals surface area contributed by atoms with Gasteiger partial charge in [-0.15, -0.1) is 0 Å². The van der Waals surface area contributed by atoms with Crippen LogP contribution < -0.4 is 10.1 Å². The summed E-state index contributed by atoms with van der Waals surface area (Å²) >= 11 is 5.98. The van der Waals surface area contributed by atoms with Crippen molar-refractivity contribution in [2.45, 2.75) is 25.3 Å². The van der Waals surface area contributed by atoms with Crippen LogP contribution in [0.4, 0.5) is 0 Å². The quantitative estimate of drug-likeness (QED) is 0.940. The number of para-hydroxylation sites is 1. The van der Waals surface area contributed by atoms with E-state index in [2.05, 4.69) is 5.32 Å². The van der Waals surface area contributed by atoms with E-state index in [1.807, 2.05) is 18.2 Å². The van der Waals surface area contributed by atoms with Crippen LogP contribution >= 0.6 is 11.6 Å². The summed E-state index contributed by atoms with van der Waals surface area (Å²) in [6.45, 7) is -0.0482. The van der Waals surface area contributed by atoms with Crippen molar-refractivity contribution in [3.8, 4) is 5.75 Å². The molecule has 5 heteroatoms. The highest BCUT2D eigenvalue weighted by atomic mass is 35.5. The molecule has 1 aliphatic rings. The molecule has 1 amide bonds. The molecule has 0 fully saturated rings. The second-order valence-electron chi connectivity index (χ2n) is 5.03. The zero-order chi connectivity index (χ0) is 14.7. The Morgan fingerprint density at radius 1 is 1.38 bits per heavy atom. The molecule has 110 valence electrons. The Labute approximate surface area is 128 Å². The minimum atomic E-state index is -0.158. The fourth-order valence-electron chi connectivity index (χ4n) is 2.58. The normalized spacial score (nSPS) is 17.1. The molecule has 1 atom stereocenters. The van der Waals surface area contributed by atoms with Gasteiger partial charge in [0.1, 0.15) is 11.5 Å². The number of furan rings is 1. The number of rotatable bonds is 4. The van der Waals surface area contributed by atoms with Crippen LogP contribution in [0.3, 0.4) is 0 Å². The van der Waals surface area contributed by atoms with Crippen molar-refractivity contribution in [2.75, 3.05) is 6.61 Å².